The van der Waals surface area contributed by atoms with Crippen LogP contribution < -0.4 is 20.1 Å². The molecule has 0 saturated carbocycles. The second kappa shape index (κ2) is 7.93. The third-order valence-corrected chi connectivity index (χ3v) is 5.37. The van der Waals surface area contributed by atoms with Crippen molar-refractivity contribution in [3.05, 3.63) is 52.0 Å². The molecule has 1 aliphatic rings. The summed E-state index contributed by atoms with van der Waals surface area (Å²) in [6, 6.07) is 7.54. The zero-order valence-electron chi connectivity index (χ0n) is 15.8. The van der Waals surface area contributed by atoms with Gasteiger partial charge in [0, 0.05) is 24.3 Å². The van der Waals surface area contributed by atoms with Gasteiger partial charge in [-0.15, -0.1) is 0 Å². The van der Waals surface area contributed by atoms with Crippen LogP contribution in [0, 0.1) is 13.8 Å². The van der Waals surface area contributed by atoms with Crippen LogP contribution >= 0.6 is 11.3 Å². The Balaban J connectivity index is 1.27. The van der Waals surface area contributed by atoms with Crippen molar-refractivity contribution in [3.63, 3.8) is 0 Å². The number of hydrogen-bond donors (Lipinski definition) is 2. The van der Waals surface area contributed by atoms with Crippen LogP contribution in [0.5, 0.6) is 11.5 Å². The van der Waals surface area contributed by atoms with Gasteiger partial charge in [-0.1, -0.05) is 6.07 Å². The normalized spacial score (nSPS) is 12.2. The number of fused-ring (bicyclic) bond motifs is 1. The maximum atomic E-state index is 12.1. The topological polar surface area (TPSA) is 77.4 Å². The molecule has 146 valence electrons. The van der Waals surface area contributed by atoms with Crippen molar-refractivity contribution >= 4 is 17.4 Å². The Kier molecular flexibility index (Phi) is 5.21. The lowest BCUT2D eigenvalue weighted by atomic mass is 10.1. The third-order valence-electron chi connectivity index (χ3n) is 4.69. The summed E-state index contributed by atoms with van der Waals surface area (Å²) in [5.41, 5.74) is 5.44. The van der Waals surface area contributed by atoms with Gasteiger partial charge in [0.05, 0.1) is 12.2 Å². The lowest BCUT2D eigenvalue weighted by molar-refractivity contribution is 0.174. The largest absolute Gasteiger partial charge is 0.454 e. The standard InChI is InChI=1S/C20H22N4O3S/c1-13-19(16-5-8-28-11-16)14(2)24(23-13)7-6-21-20(25)22-10-15-3-4-17-18(9-15)27-12-26-17/h3-5,8-9,11H,6-7,10,12H2,1-2H3,(H2,21,22,25). The van der Waals surface area contributed by atoms with Crippen LogP contribution in [0.4, 0.5) is 4.79 Å². The molecule has 3 aromatic rings. The minimum Gasteiger partial charge on any atom is -0.454 e. The quantitative estimate of drug-likeness (QED) is 0.667. The summed E-state index contributed by atoms with van der Waals surface area (Å²) in [5.74, 6) is 1.45. The highest BCUT2D eigenvalue weighted by molar-refractivity contribution is 7.08. The third kappa shape index (κ3) is 3.82. The van der Waals surface area contributed by atoms with Gasteiger partial charge in [0.1, 0.15) is 0 Å². The van der Waals surface area contributed by atoms with Crippen molar-refractivity contribution in [1.82, 2.24) is 20.4 Å². The van der Waals surface area contributed by atoms with E-state index in [1.807, 2.05) is 29.8 Å². The molecule has 0 atom stereocenters. The Morgan fingerprint density at radius 1 is 1.21 bits per heavy atom. The number of amides is 2. The van der Waals surface area contributed by atoms with Gasteiger partial charge in [-0.05, 0) is 53.9 Å². The molecule has 0 saturated heterocycles. The van der Waals surface area contributed by atoms with Crippen molar-refractivity contribution in [1.29, 1.82) is 0 Å². The van der Waals surface area contributed by atoms with Gasteiger partial charge in [-0.2, -0.15) is 16.4 Å². The maximum Gasteiger partial charge on any atom is 0.315 e. The van der Waals surface area contributed by atoms with Crippen LogP contribution in [0.2, 0.25) is 0 Å². The van der Waals surface area contributed by atoms with E-state index in [2.05, 4.69) is 39.5 Å². The number of nitrogens with zero attached hydrogens (tertiary/aromatic N) is 2. The SMILES string of the molecule is Cc1nn(CCNC(=O)NCc2ccc3c(c2)OCO3)c(C)c1-c1ccsc1. The van der Waals surface area contributed by atoms with E-state index < -0.39 is 0 Å². The number of urea groups is 1. The molecule has 0 unspecified atom stereocenters. The molecule has 1 aliphatic heterocycles. The minimum atomic E-state index is -0.211. The molecule has 1 aromatic carbocycles. The Morgan fingerprint density at radius 2 is 2.07 bits per heavy atom. The summed E-state index contributed by atoms with van der Waals surface area (Å²) in [6.07, 6.45) is 0. The molecular weight excluding hydrogens is 376 g/mol. The van der Waals surface area contributed by atoms with Gasteiger partial charge < -0.3 is 20.1 Å². The first-order valence-electron chi connectivity index (χ1n) is 9.08. The van der Waals surface area contributed by atoms with Crippen molar-refractivity contribution in [2.45, 2.75) is 26.9 Å². The molecule has 0 bridgehead atoms. The van der Waals surface area contributed by atoms with Crippen molar-refractivity contribution in [3.8, 4) is 22.6 Å². The Bertz CT molecular complexity index is 982. The fourth-order valence-corrected chi connectivity index (χ4v) is 3.96. The van der Waals surface area contributed by atoms with Crippen molar-refractivity contribution in [2.24, 2.45) is 0 Å². The molecule has 0 radical (unpaired) electrons. The Morgan fingerprint density at radius 3 is 2.89 bits per heavy atom. The molecule has 0 aliphatic carbocycles. The van der Waals surface area contributed by atoms with Gasteiger partial charge in [0.15, 0.2) is 11.5 Å². The van der Waals surface area contributed by atoms with Crippen LogP contribution in [0.25, 0.3) is 11.1 Å². The number of nitrogens with one attached hydrogen (secondary N) is 2. The summed E-state index contributed by atoms with van der Waals surface area (Å²) >= 11 is 1.68. The number of carbonyl (C=O) groups is 1. The van der Waals surface area contributed by atoms with E-state index in [-0.39, 0.29) is 12.8 Å². The first-order chi connectivity index (χ1) is 13.6. The first-order valence-corrected chi connectivity index (χ1v) is 10.0. The van der Waals surface area contributed by atoms with Gasteiger partial charge in [-0.3, -0.25) is 4.68 Å². The van der Waals surface area contributed by atoms with Gasteiger partial charge in [0.25, 0.3) is 0 Å². The number of benzene rings is 1. The first kappa shape index (κ1) is 18.4. The highest BCUT2D eigenvalue weighted by Gasteiger charge is 2.15. The number of carbonyl (C=O) groups excluding carboxylic acids is 1. The van der Waals surface area contributed by atoms with Gasteiger partial charge >= 0.3 is 6.03 Å². The number of rotatable bonds is 6. The van der Waals surface area contributed by atoms with E-state index in [4.69, 9.17) is 9.47 Å². The second-order valence-electron chi connectivity index (χ2n) is 6.58. The van der Waals surface area contributed by atoms with Gasteiger partial charge in [-0.25, -0.2) is 4.79 Å². The van der Waals surface area contributed by atoms with E-state index in [0.717, 1.165) is 22.7 Å². The molecule has 2 amide bonds. The fraction of sp³-hybridized carbons (Fsp3) is 0.300. The smallest absolute Gasteiger partial charge is 0.315 e. The predicted molar refractivity (Wildman–Crippen MR) is 108 cm³/mol. The van der Waals surface area contributed by atoms with Crippen LogP contribution in [0.1, 0.15) is 17.0 Å². The molecule has 3 heterocycles. The van der Waals surface area contributed by atoms with Crippen LogP contribution in [0.15, 0.2) is 35.0 Å². The van der Waals surface area contributed by atoms with Crippen LogP contribution in [-0.2, 0) is 13.1 Å². The molecular formula is C20H22N4O3S. The molecule has 0 spiro atoms. The fourth-order valence-electron chi connectivity index (χ4n) is 3.31. The maximum absolute atomic E-state index is 12.1. The highest BCUT2D eigenvalue weighted by atomic mass is 32.1. The summed E-state index contributed by atoms with van der Waals surface area (Å²) in [5, 5.41) is 14.5. The summed E-state index contributed by atoms with van der Waals surface area (Å²) in [4.78, 5) is 12.1. The lowest BCUT2D eigenvalue weighted by Gasteiger charge is -2.09. The van der Waals surface area contributed by atoms with Crippen LogP contribution in [-0.4, -0.2) is 29.1 Å². The molecule has 28 heavy (non-hydrogen) atoms. The summed E-state index contributed by atoms with van der Waals surface area (Å²) < 4.78 is 12.6. The van der Waals surface area contributed by atoms with E-state index >= 15 is 0 Å². The summed E-state index contributed by atoms with van der Waals surface area (Å²) in [6.45, 7) is 5.86. The lowest BCUT2D eigenvalue weighted by Crippen LogP contribution is -2.37. The molecule has 4 rings (SSSR count). The Labute approximate surface area is 167 Å². The van der Waals surface area contributed by atoms with Crippen molar-refractivity contribution in [2.75, 3.05) is 13.3 Å². The average Bonchev–Trinajstić information content (AvgIpc) is 3.41. The van der Waals surface area contributed by atoms with Gasteiger partial charge in [0.2, 0.25) is 6.79 Å². The molecule has 7 nitrogen and oxygen atoms in total. The number of aromatic nitrogens is 2. The number of aryl methyl sites for hydroxylation is 1. The second-order valence-corrected chi connectivity index (χ2v) is 7.36. The Hall–Kier alpha value is -3.00. The number of hydrogen-bond acceptors (Lipinski definition) is 5. The monoisotopic (exact) mass is 398 g/mol. The number of thiophene rings is 1. The van der Waals surface area contributed by atoms with E-state index in [1.165, 1.54) is 11.1 Å². The van der Waals surface area contributed by atoms with E-state index in [9.17, 15) is 4.79 Å². The average molecular weight is 398 g/mol. The molecule has 2 aromatic heterocycles. The predicted octanol–water partition coefficient (Wildman–Crippen LogP) is 3.46. The summed E-state index contributed by atoms with van der Waals surface area (Å²) in [7, 11) is 0. The van der Waals surface area contributed by atoms with Crippen molar-refractivity contribution < 1.29 is 14.3 Å². The molecule has 8 heteroatoms. The molecule has 0 fully saturated rings. The zero-order chi connectivity index (χ0) is 19.5. The highest BCUT2D eigenvalue weighted by Crippen LogP contribution is 2.32. The van der Waals surface area contributed by atoms with E-state index in [1.54, 1.807) is 11.3 Å². The van der Waals surface area contributed by atoms with Crippen LogP contribution in [0.3, 0.4) is 0 Å². The molecule has 2 N–H and O–H groups in total. The minimum absolute atomic E-state index is 0.211. The zero-order valence-corrected chi connectivity index (χ0v) is 16.6. The number of ether oxygens (including phenoxy) is 2. The van der Waals surface area contributed by atoms with E-state index in [0.29, 0.717) is 25.4 Å².